The van der Waals surface area contributed by atoms with E-state index in [4.69, 9.17) is 0 Å². The van der Waals surface area contributed by atoms with Crippen LogP contribution in [-0.2, 0) is 4.79 Å². The lowest BCUT2D eigenvalue weighted by molar-refractivity contribution is -0.129. The van der Waals surface area contributed by atoms with Gasteiger partial charge in [-0.25, -0.2) is 4.39 Å². The van der Waals surface area contributed by atoms with Gasteiger partial charge in [0.25, 0.3) is 0 Å². The lowest BCUT2D eigenvalue weighted by Crippen LogP contribution is -2.48. The van der Waals surface area contributed by atoms with Gasteiger partial charge in [-0.2, -0.15) is 0 Å². The number of rotatable bonds is 3. The topological polar surface area (TPSA) is 23.6 Å². The van der Waals surface area contributed by atoms with Crippen LogP contribution in [0.4, 0.5) is 10.1 Å². The predicted octanol–water partition coefficient (Wildman–Crippen LogP) is 3.22. The average Bonchev–Trinajstić information content (AvgIpc) is 2.82. The van der Waals surface area contributed by atoms with Crippen LogP contribution in [0.2, 0.25) is 0 Å². The Morgan fingerprint density at radius 2 is 2.10 bits per heavy atom. The van der Waals surface area contributed by atoms with Gasteiger partial charge in [-0.1, -0.05) is 13.8 Å². The molecule has 0 aliphatic carbocycles. The highest BCUT2D eigenvalue weighted by molar-refractivity contribution is 5.73. The molecule has 1 amide bonds. The van der Waals surface area contributed by atoms with Crippen molar-refractivity contribution in [2.75, 3.05) is 18.5 Å². The van der Waals surface area contributed by atoms with E-state index in [0.29, 0.717) is 5.92 Å². The average molecular weight is 292 g/mol. The van der Waals surface area contributed by atoms with E-state index in [0.717, 1.165) is 24.2 Å². The summed E-state index contributed by atoms with van der Waals surface area (Å²) in [5.41, 5.74) is 2.03. The van der Waals surface area contributed by atoms with Crippen LogP contribution in [0, 0.1) is 18.7 Å². The smallest absolute Gasteiger partial charge is 0.219 e. The van der Waals surface area contributed by atoms with Crippen molar-refractivity contribution in [3.63, 3.8) is 0 Å². The van der Waals surface area contributed by atoms with Crippen LogP contribution in [0.3, 0.4) is 0 Å². The van der Waals surface area contributed by atoms with Gasteiger partial charge in [-0.15, -0.1) is 0 Å². The summed E-state index contributed by atoms with van der Waals surface area (Å²) in [6, 6.07) is 5.43. The van der Waals surface area contributed by atoms with Gasteiger partial charge in [0.15, 0.2) is 0 Å². The molecule has 21 heavy (non-hydrogen) atoms. The molecule has 3 nitrogen and oxygen atoms in total. The van der Waals surface area contributed by atoms with Gasteiger partial charge < -0.3 is 9.80 Å². The third kappa shape index (κ3) is 3.04. The van der Waals surface area contributed by atoms with Crippen LogP contribution in [-0.4, -0.2) is 36.5 Å². The second-order valence-electron chi connectivity index (χ2n) is 6.34. The Labute approximate surface area is 126 Å². The summed E-state index contributed by atoms with van der Waals surface area (Å²) in [5.74, 6) is 0.320. The fraction of sp³-hybridized carbons (Fsp3) is 0.588. The van der Waals surface area contributed by atoms with E-state index < -0.39 is 0 Å². The maximum absolute atomic E-state index is 13.3. The maximum atomic E-state index is 13.3. The predicted molar refractivity (Wildman–Crippen MR) is 84.0 cm³/mol. The molecule has 0 N–H and O–H groups in total. The highest BCUT2D eigenvalue weighted by Gasteiger charge is 2.39. The fourth-order valence-electron chi connectivity index (χ4n) is 3.48. The molecule has 1 heterocycles. The van der Waals surface area contributed by atoms with Gasteiger partial charge >= 0.3 is 0 Å². The lowest BCUT2D eigenvalue weighted by Gasteiger charge is -2.37. The quantitative estimate of drug-likeness (QED) is 0.854. The van der Waals surface area contributed by atoms with Crippen molar-refractivity contribution < 1.29 is 9.18 Å². The molecule has 0 bridgehead atoms. The third-order valence-electron chi connectivity index (χ3n) is 4.57. The SMILES string of the molecule is CC(=O)N(C)C1CCN(c2ccc(F)cc2C)C1C(C)C. The van der Waals surface area contributed by atoms with Gasteiger partial charge in [0.05, 0.1) is 12.1 Å². The largest absolute Gasteiger partial charge is 0.366 e. The molecule has 1 aromatic carbocycles. The van der Waals surface area contributed by atoms with Crippen molar-refractivity contribution in [1.82, 2.24) is 4.90 Å². The van der Waals surface area contributed by atoms with Gasteiger partial charge in [0.2, 0.25) is 5.91 Å². The lowest BCUT2D eigenvalue weighted by atomic mass is 9.95. The van der Waals surface area contributed by atoms with Crippen molar-refractivity contribution in [3.8, 4) is 0 Å². The Morgan fingerprint density at radius 1 is 1.43 bits per heavy atom. The second kappa shape index (κ2) is 6.04. The van der Waals surface area contributed by atoms with Crippen LogP contribution in [0.1, 0.15) is 32.8 Å². The summed E-state index contributed by atoms with van der Waals surface area (Å²) in [6.45, 7) is 8.82. The fourth-order valence-corrected chi connectivity index (χ4v) is 3.48. The van der Waals surface area contributed by atoms with E-state index in [1.54, 1.807) is 13.0 Å². The third-order valence-corrected chi connectivity index (χ3v) is 4.57. The van der Waals surface area contributed by atoms with E-state index in [1.807, 2.05) is 24.9 Å². The molecule has 0 spiro atoms. The van der Waals surface area contributed by atoms with Crippen molar-refractivity contribution in [1.29, 1.82) is 0 Å². The van der Waals surface area contributed by atoms with E-state index >= 15 is 0 Å². The Balaban J connectivity index is 2.34. The molecule has 1 aromatic rings. The number of carbonyl (C=O) groups is 1. The van der Waals surface area contributed by atoms with Crippen LogP contribution >= 0.6 is 0 Å². The van der Waals surface area contributed by atoms with Crippen LogP contribution in [0.15, 0.2) is 18.2 Å². The normalized spacial score (nSPS) is 22.0. The Hall–Kier alpha value is -1.58. The first-order chi connectivity index (χ1) is 9.82. The van der Waals surface area contributed by atoms with E-state index in [1.165, 1.54) is 6.07 Å². The van der Waals surface area contributed by atoms with Crippen LogP contribution in [0.5, 0.6) is 0 Å². The summed E-state index contributed by atoms with van der Waals surface area (Å²) in [6.07, 6.45) is 0.954. The molecule has 2 atom stereocenters. The molecule has 1 aliphatic rings. The molecule has 1 aliphatic heterocycles. The van der Waals surface area contributed by atoms with Crippen molar-refractivity contribution in [3.05, 3.63) is 29.6 Å². The molecule has 4 heteroatoms. The van der Waals surface area contributed by atoms with E-state index in [2.05, 4.69) is 18.7 Å². The van der Waals surface area contributed by atoms with Gasteiger partial charge in [0, 0.05) is 26.2 Å². The Bertz CT molecular complexity index is 530. The molecule has 116 valence electrons. The first-order valence-electron chi connectivity index (χ1n) is 7.59. The number of likely N-dealkylation sites (N-methyl/N-ethyl adjacent to an activating group) is 1. The Morgan fingerprint density at radius 3 is 2.62 bits per heavy atom. The van der Waals surface area contributed by atoms with Crippen molar-refractivity contribution in [2.24, 2.45) is 5.92 Å². The number of carbonyl (C=O) groups excluding carboxylic acids is 1. The van der Waals surface area contributed by atoms with Crippen molar-refractivity contribution >= 4 is 11.6 Å². The Kier molecular flexibility index (Phi) is 4.55. The van der Waals surface area contributed by atoms with Gasteiger partial charge in [-0.3, -0.25) is 4.79 Å². The summed E-state index contributed by atoms with van der Waals surface area (Å²) in [5, 5.41) is 0. The van der Waals surface area contributed by atoms with E-state index in [9.17, 15) is 9.18 Å². The minimum Gasteiger partial charge on any atom is -0.366 e. The van der Waals surface area contributed by atoms with Crippen LogP contribution in [0.25, 0.3) is 0 Å². The van der Waals surface area contributed by atoms with Gasteiger partial charge in [0.1, 0.15) is 5.82 Å². The zero-order valence-corrected chi connectivity index (χ0v) is 13.6. The molecule has 2 rings (SSSR count). The molecule has 2 unspecified atom stereocenters. The molecule has 0 aromatic heterocycles. The molecule has 0 saturated carbocycles. The number of amides is 1. The van der Waals surface area contributed by atoms with E-state index in [-0.39, 0.29) is 23.8 Å². The highest BCUT2D eigenvalue weighted by atomic mass is 19.1. The number of hydrogen-bond acceptors (Lipinski definition) is 2. The highest BCUT2D eigenvalue weighted by Crippen LogP contribution is 2.34. The number of nitrogens with zero attached hydrogens (tertiary/aromatic N) is 2. The monoisotopic (exact) mass is 292 g/mol. The first kappa shape index (κ1) is 15.8. The molecule has 1 fully saturated rings. The number of halogens is 1. The minimum atomic E-state index is -0.200. The number of aryl methyl sites for hydroxylation is 1. The first-order valence-corrected chi connectivity index (χ1v) is 7.59. The maximum Gasteiger partial charge on any atom is 0.219 e. The summed E-state index contributed by atoms with van der Waals surface area (Å²) in [7, 11) is 1.88. The standard InChI is InChI=1S/C17H25FN2O/c1-11(2)17-16(19(5)13(4)21)8-9-20(17)15-7-6-14(18)10-12(15)3/h6-7,10-11,16-17H,8-9H2,1-5H3. The molecular weight excluding hydrogens is 267 g/mol. The number of benzene rings is 1. The van der Waals surface area contributed by atoms with Crippen LogP contribution < -0.4 is 4.90 Å². The van der Waals surface area contributed by atoms with Gasteiger partial charge in [-0.05, 0) is 43.0 Å². The molecule has 0 radical (unpaired) electrons. The second-order valence-corrected chi connectivity index (χ2v) is 6.34. The summed E-state index contributed by atoms with van der Waals surface area (Å²) in [4.78, 5) is 15.9. The minimum absolute atomic E-state index is 0.100. The summed E-state index contributed by atoms with van der Waals surface area (Å²) >= 11 is 0. The zero-order chi connectivity index (χ0) is 15.7. The molecular formula is C17H25FN2O. The zero-order valence-electron chi connectivity index (χ0n) is 13.6. The number of hydrogen-bond donors (Lipinski definition) is 0. The summed E-state index contributed by atoms with van der Waals surface area (Å²) < 4.78 is 13.3. The van der Waals surface area contributed by atoms with Crippen molar-refractivity contribution in [2.45, 2.75) is 46.2 Å². The number of anilines is 1. The molecule has 1 saturated heterocycles.